The molecule has 0 aliphatic carbocycles. The maximum Gasteiger partial charge on any atom is 0.107 e. The molecule has 106 valence electrons. The fourth-order valence-electron chi connectivity index (χ4n) is 1.84. The molecule has 0 bridgehead atoms. The fourth-order valence-corrected chi connectivity index (χ4v) is 2.57. The number of ether oxygens (including phenoxy) is 1. The van der Waals surface area contributed by atoms with Crippen molar-refractivity contribution in [1.29, 1.82) is 0 Å². The third-order valence-corrected chi connectivity index (χ3v) is 3.96. The average molecular weight is 281 g/mol. The molecule has 0 saturated carbocycles. The monoisotopic (exact) mass is 281 g/mol. The first-order valence-electron chi connectivity index (χ1n) is 6.63. The first-order chi connectivity index (χ1) is 9.17. The minimum atomic E-state index is -0.498. The Kier molecular flexibility index (Phi) is 7.76. The molecule has 1 aromatic rings. The molecule has 0 unspecified atom stereocenters. The molecular formula is C15H23NO2S. The van der Waals surface area contributed by atoms with Gasteiger partial charge < -0.3 is 9.84 Å². The van der Waals surface area contributed by atoms with E-state index in [-0.39, 0.29) is 6.61 Å². The van der Waals surface area contributed by atoms with E-state index >= 15 is 0 Å². The van der Waals surface area contributed by atoms with E-state index in [2.05, 4.69) is 42.2 Å². The van der Waals surface area contributed by atoms with E-state index in [1.807, 2.05) is 0 Å². The summed E-state index contributed by atoms with van der Waals surface area (Å²) in [5.74, 6) is 2.40. The van der Waals surface area contributed by atoms with Crippen LogP contribution in [-0.4, -0.2) is 41.9 Å². The van der Waals surface area contributed by atoms with Crippen LogP contribution in [0.15, 0.2) is 17.5 Å². The second-order valence-corrected chi connectivity index (χ2v) is 5.67. The first-order valence-corrected chi connectivity index (χ1v) is 7.51. The summed E-state index contributed by atoms with van der Waals surface area (Å²) >= 11 is 1.75. The summed E-state index contributed by atoms with van der Waals surface area (Å²) in [7, 11) is 0. The molecule has 1 rings (SSSR count). The number of rotatable bonds is 9. The number of terminal acetylenes is 1. The highest BCUT2D eigenvalue weighted by Crippen LogP contribution is 2.15. The van der Waals surface area contributed by atoms with Crippen molar-refractivity contribution >= 4 is 11.3 Å². The van der Waals surface area contributed by atoms with Gasteiger partial charge in [-0.25, -0.2) is 0 Å². The third-order valence-electron chi connectivity index (χ3n) is 3.09. The van der Waals surface area contributed by atoms with Gasteiger partial charge in [0.15, 0.2) is 0 Å². The Bertz CT molecular complexity index is 372. The van der Waals surface area contributed by atoms with Crippen molar-refractivity contribution in [2.45, 2.75) is 39.0 Å². The van der Waals surface area contributed by atoms with Gasteiger partial charge in [0.25, 0.3) is 0 Å². The Morgan fingerprint density at radius 2 is 2.37 bits per heavy atom. The van der Waals surface area contributed by atoms with Crippen LogP contribution in [0, 0.1) is 12.3 Å². The van der Waals surface area contributed by atoms with Gasteiger partial charge in [-0.15, -0.1) is 17.8 Å². The van der Waals surface area contributed by atoms with Crippen molar-refractivity contribution in [1.82, 2.24) is 4.90 Å². The molecule has 0 radical (unpaired) electrons. The predicted molar refractivity (Wildman–Crippen MR) is 80.1 cm³/mol. The zero-order valence-electron chi connectivity index (χ0n) is 11.7. The molecule has 19 heavy (non-hydrogen) atoms. The van der Waals surface area contributed by atoms with Crippen LogP contribution in [-0.2, 0) is 11.3 Å². The molecule has 4 heteroatoms. The van der Waals surface area contributed by atoms with Gasteiger partial charge in [-0.3, -0.25) is 4.90 Å². The number of aliphatic hydroxyl groups is 1. The zero-order valence-corrected chi connectivity index (χ0v) is 12.5. The van der Waals surface area contributed by atoms with Crippen molar-refractivity contribution in [2.24, 2.45) is 0 Å². The summed E-state index contributed by atoms with van der Waals surface area (Å²) in [6, 6.07) is 4.62. The molecule has 0 amide bonds. The van der Waals surface area contributed by atoms with E-state index < -0.39 is 6.10 Å². The number of hydrogen-bond donors (Lipinski definition) is 1. The van der Waals surface area contributed by atoms with Crippen molar-refractivity contribution in [2.75, 3.05) is 19.8 Å². The molecule has 0 saturated heterocycles. The van der Waals surface area contributed by atoms with E-state index in [0.29, 0.717) is 19.2 Å². The second-order valence-electron chi connectivity index (χ2n) is 4.64. The number of hydrogen-bond acceptors (Lipinski definition) is 4. The highest BCUT2D eigenvalue weighted by atomic mass is 32.1. The fraction of sp³-hybridized carbons (Fsp3) is 0.600. The first kappa shape index (κ1) is 16.2. The van der Waals surface area contributed by atoms with Crippen LogP contribution in [0.2, 0.25) is 0 Å². The molecule has 0 fully saturated rings. The summed E-state index contributed by atoms with van der Waals surface area (Å²) in [5, 5.41) is 12.1. The lowest BCUT2D eigenvalue weighted by Crippen LogP contribution is -2.39. The lowest BCUT2D eigenvalue weighted by molar-refractivity contribution is 0.0173. The largest absolute Gasteiger partial charge is 0.389 e. The zero-order chi connectivity index (χ0) is 14.1. The molecule has 0 aromatic carbocycles. The summed E-state index contributed by atoms with van der Waals surface area (Å²) in [6.07, 6.45) is 5.67. The Hall–Kier alpha value is -0.860. The topological polar surface area (TPSA) is 32.7 Å². The maximum atomic E-state index is 9.99. The van der Waals surface area contributed by atoms with Crippen LogP contribution in [0.1, 0.15) is 25.1 Å². The number of nitrogens with zero attached hydrogens (tertiary/aromatic N) is 1. The highest BCUT2D eigenvalue weighted by molar-refractivity contribution is 7.09. The summed E-state index contributed by atoms with van der Waals surface area (Å²) < 4.78 is 5.18. The summed E-state index contributed by atoms with van der Waals surface area (Å²) in [5.41, 5.74) is 0. The van der Waals surface area contributed by atoms with Crippen LogP contribution in [0.4, 0.5) is 0 Å². The Morgan fingerprint density at radius 3 is 2.95 bits per heavy atom. The van der Waals surface area contributed by atoms with E-state index in [0.717, 1.165) is 13.0 Å². The van der Waals surface area contributed by atoms with Gasteiger partial charge >= 0.3 is 0 Å². The highest BCUT2D eigenvalue weighted by Gasteiger charge is 2.17. The molecule has 2 atom stereocenters. The Balaban J connectivity index is 2.47. The molecule has 1 heterocycles. The van der Waals surface area contributed by atoms with Crippen molar-refractivity contribution in [3.63, 3.8) is 0 Å². The van der Waals surface area contributed by atoms with Gasteiger partial charge in [0.2, 0.25) is 0 Å². The molecule has 0 aliphatic rings. The number of thiophene rings is 1. The predicted octanol–water partition coefficient (Wildman–Crippen LogP) is 2.36. The molecular weight excluding hydrogens is 258 g/mol. The molecule has 0 aliphatic heterocycles. The van der Waals surface area contributed by atoms with Gasteiger partial charge in [0.1, 0.15) is 6.61 Å². The lowest BCUT2D eigenvalue weighted by Gasteiger charge is -2.29. The Labute approximate surface area is 120 Å². The van der Waals surface area contributed by atoms with Crippen molar-refractivity contribution < 1.29 is 9.84 Å². The minimum absolute atomic E-state index is 0.255. The summed E-state index contributed by atoms with van der Waals surface area (Å²) in [4.78, 5) is 3.60. The number of aliphatic hydroxyl groups excluding tert-OH is 1. The molecule has 3 nitrogen and oxygen atoms in total. The molecule has 0 spiro atoms. The van der Waals surface area contributed by atoms with Crippen LogP contribution >= 0.6 is 11.3 Å². The lowest BCUT2D eigenvalue weighted by atomic mass is 10.2. The van der Waals surface area contributed by atoms with Gasteiger partial charge in [-0.2, -0.15) is 0 Å². The van der Waals surface area contributed by atoms with Gasteiger partial charge in [0.05, 0.1) is 12.7 Å². The van der Waals surface area contributed by atoms with Crippen LogP contribution < -0.4 is 0 Å². The van der Waals surface area contributed by atoms with Crippen LogP contribution in [0.5, 0.6) is 0 Å². The van der Waals surface area contributed by atoms with Gasteiger partial charge in [-0.05, 0) is 24.8 Å². The normalized spacial score (nSPS) is 14.3. The van der Waals surface area contributed by atoms with E-state index in [9.17, 15) is 5.11 Å². The second kappa shape index (κ2) is 9.11. The third kappa shape index (κ3) is 6.22. The molecule has 1 aromatic heterocycles. The van der Waals surface area contributed by atoms with Crippen molar-refractivity contribution in [3.05, 3.63) is 22.4 Å². The van der Waals surface area contributed by atoms with Crippen LogP contribution in [0.3, 0.4) is 0 Å². The van der Waals surface area contributed by atoms with E-state index in [4.69, 9.17) is 11.2 Å². The average Bonchev–Trinajstić information content (AvgIpc) is 2.90. The Morgan fingerprint density at radius 1 is 1.58 bits per heavy atom. The smallest absolute Gasteiger partial charge is 0.107 e. The standard InChI is InChI=1S/C15H23NO2S/c1-4-8-18-12-14(17)10-16(13(3)5-2)11-15-7-6-9-19-15/h1,6-7,9,13-14,17H,5,8,10-12H2,2-3H3/t13-,14-/m1/s1. The maximum absolute atomic E-state index is 9.99. The molecule has 1 N–H and O–H groups in total. The quantitative estimate of drug-likeness (QED) is 0.557. The van der Waals surface area contributed by atoms with E-state index in [1.54, 1.807) is 11.3 Å². The van der Waals surface area contributed by atoms with Gasteiger partial charge in [0, 0.05) is 24.0 Å². The van der Waals surface area contributed by atoms with Crippen LogP contribution in [0.25, 0.3) is 0 Å². The summed E-state index contributed by atoms with van der Waals surface area (Å²) in [6.45, 7) is 6.37. The SMILES string of the molecule is C#CCOC[C@H](O)CN(Cc1cccs1)[C@H](C)CC. The van der Waals surface area contributed by atoms with Gasteiger partial charge in [-0.1, -0.05) is 18.9 Å². The van der Waals surface area contributed by atoms with E-state index in [1.165, 1.54) is 4.88 Å². The van der Waals surface area contributed by atoms with Crippen molar-refractivity contribution in [3.8, 4) is 12.3 Å². The minimum Gasteiger partial charge on any atom is -0.389 e.